The molecular weight excluding hydrogens is 845 g/mol. The number of nitrogen functional groups attached to an aromatic ring is 1. The number of Topliss-reactive ketones (excluding diaryl/α,β-unsaturated/α-hetero) is 2. The maximum atomic E-state index is 15.7. The Morgan fingerprint density at radius 3 is 2.63 bits per heavy atom. The van der Waals surface area contributed by atoms with E-state index in [1.165, 1.54) is 0 Å². The van der Waals surface area contributed by atoms with Crippen molar-refractivity contribution in [3.63, 3.8) is 0 Å². The Labute approximate surface area is 396 Å². The van der Waals surface area contributed by atoms with Crippen LogP contribution in [0.3, 0.4) is 0 Å². The second kappa shape index (κ2) is 20.8. The molecule has 4 heterocycles. The van der Waals surface area contributed by atoms with Crippen LogP contribution in [0.25, 0.3) is 0 Å². The number of aryl methyl sites for hydroxylation is 1. The molecule has 2 aromatic heterocycles. The van der Waals surface area contributed by atoms with E-state index in [-0.39, 0.29) is 48.1 Å². The Kier molecular flexibility index (Phi) is 15.1. The third-order valence-electron chi connectivity index (χ3n) is 15.9. The molecule has 2 fully saturated rings. The minimum atomic E-state index is -2.25. The highest BCUT2D eigenvalue weighted by atomic mass is 16.7. The zero-order valence-corrected chi connectivity index (χ0v) is 40.0. The summed E-state index contributed by atoms with van der Waals surface area (Å²) in [6.07, 6.45) is 17.5. The second-order valence-corrected chi connectivity index (χ2v) is 20.4. The minimum Gasteiger partial charge on any atom is -0.459 e. The van der Waals surface area contributed by atoms with E-state index in [0.29, 0.717) is 79.9 Å². The van der Waals surface area contributed by atoms with Gasteiger partial charge in [0, 0.05) is 48.5 Å². The molecule has 1 spiro atoms. The number of rotatable bonds is 16. The van der Waals surface area contributed by atoms with Crippen molar-refractivity contribution < 1.29 is 34.1 Å². The monoisotopic (exact) mass is 917 g/mol. The van der Waals surface area contributed by atoms with Crippen LogP contribution in [0.5, 0.6) is 0 Å². The molecule has 7 N–H and O–H groups in total. The number of aromatic nitrogens is 2. The highest BCUT2D eigenvalue weighted by molar-refractivity contribution is 6.33. The quantitative estimate of drug-likeness (QED) is 0.0279. The molecule has 0 unspecified atom stereocenters. The number of ether oxygens (including phenoxy) is 2. The number of fused-ring (bicyclic) bond motifs is 1. The van der Waals surface area contributed by atoms with Crippen molar-refractivity contribution >= 4 is 29.2 Å². The molecule has 5 aliphatic rings. The van der Waals surface area contributed by atoms with E-state index in [0.717, 1.165) is 74.0 Å². The van der Waals surface area contributed by atoms with Gasteiger partial charge in [-0.2, -0.15) is 0 Å². The maximum Gasteiger partial charge on any atom is 0.350 e. The summed E-state index contributed by atoms with van der Waals surface area (Å²) >= 11 is 0. The lowest BCUT2D eigenvalue weighted by Gasteiger charge is -2.48. The topological polar surface area (TPSA) is 201 Å². The number of benzene rings is 1. The van der Waals surface area contributed by atoms with Crippen LogP contribution >= 0.6 is 0 Å². The third-order valence-corrected chi connectivity index (χ3v) is 15.9. The molecule has 2 aliphatic heterocycles. The number of nitrogens with zero attached hydrogens (tertiary/aromatic N) is 2. The number of pyridine rings is 2. The first-order valence-electron chi connectivity index (χ1n) is 24.8. The molecule has 8 rings (SSSR count). The first kappa shape index (κ1) is 48.7. The lowest BCUT2D eigenvalue weighted by molar-refractivity contribution is -0.159. The number of nitrogens with two attached hydrogens (primary N) is 1. The number of cyclic esters (lactones) is 1. The molecule has 13 nitrogen and oxygen atoms in total. The summed E-state index contributed by atoms with van der Waals surface area (Å²) in [5.74, 6) is 0.488. The number of hydrogen-bond donors (Lipinski definition) is 6. The van der Waals surface area contributed by atoms with E-state index in [2.05, 4.69) is 51.9 Å². The van der Waals surface area contributed by atoms with Crippen molar-refractivity contribution in [3.8, 4) is 0 Å². The summed E-state index contributed by atoms with van der Waals surface area (Å²) in [5, 5.41) is 31.3. The second-order valence-electron chi connectivity index (χ2n) is 20.4. The molecule has 13 heteroatoms. The van der Waals surface area contributed by atoms with Crippen molar-refractivity contribution in [2.75, 3.05) is 44.5 Å². The number of carbonyl (C=O) groups excluding carboxylic acids is 3. The maximum absolute atomic E-state index is 15.7. The number of aliphatic hydroxyl groups is 2. The molecule has 1 aromatic carbocycles. The summed E-state index contributed by atoms with van der Waals surface area (Å²) in [4.78, 5) is 55.4. The lowest BCUT2D eigenvalue weighted by atomic mass is 9.61. The lowest BCUT2D eigenvalue weighted by Crippen LogP contribution is -2.54. The standard InChI is InChI=1S/C54H72N6O7/c1-5-57-44-26-38-13-8-12-37-11-6-7-22-52(3,28-36-19-20-46(55)59-31-36)29-39-14-9-15-41-48(39)50(64)54(51(65)66-45(16-10-24-61)43(44)27-42(37)38)53(67-54,49(41)63)30-40(32-62)34(2)17-18-35-21-23-58-47(25-35)60-33-56-4/h8-9,13-15,19-21,23,25,31,37-38,42-45,56-57,61-62H,5-7,10-12,16-18,22,24,26-30,32-33H2,1-4H3,(H2,55,59)(H,58,60)/b40-34-/t37-,38+,42+,43-,44-,45-,52+,53-,54-/m0/s1. The molecule has 67 heavy (non-hydrogen) atoms. The Balaban J connectivity index is 1.21. The van der Waals surface area contributed by atoms with Gasteiger partial charge >= 0.3 is 5.97 Å². The summed E-state index contributed by atoms with van der Waals surface area (Å²) in [5.41, 5.74) is 6.09. The Hall–Kier alpha value is -4.79. The molecule has 3 aromatic rings. The number of nitrogens with one attached hydrogen (secondary N) is 3. The van der Waals surface area contributed by atoms with Gasteiger partial charge in [-0.3, -0.25) is 9.59 Å². The van der Waals surface area contributed by atoms with Gasteiger partial charge in [0.15, 0.2) is 11.4 Å². The highest BCUT2D eigenvalue weighted by Crippen LogP contribution is 2.61. The number of hydrogen-bond acceptors (Lipinski definition) is 13. The minimum absolute atomic E-state index is 0.0392. The van der Waals surface area contributed by atoms with Crippen LogP contribution in [0.1, 0.15) is 129 Å². The van der Waals surface area contributed by atoms with Crippen LogP contribution in [0, 0.1) is 29.1 Å². The largest absolute Gasteiger partial charge is 0.459 e. The molecule has 0 amide bonds. The van der Waals surface area contributed by atoms with Crippen molar-refractivity contribution in [2.45, 2.75) is 134 Å². The van der Waals surface area contributed by atoms with Gasteiger partial charge in [-0.25, -0.2) is 14.8 Å². The first-order valence-corrected chi connectivity index (χ1v) is 24.8. The Bertz CT molecular complexity index is 2330. The van der Waals surface area contributed by atoms with E-state index < -0.39 is 34.8 Å². The number of esters is 1. The molecule has 0 radical (unpaired) electrons. The molecule has 1 saturated carbocycles. The van der Waals surface area contributed by atoms with Crippen molar-refractivity contribution in [1.82, 2.24) is 20.6 Å². The summed E-state index contributed by atoms with van der Waals surface area (Å²) < 4.78 is 13.3. The van der Waals surface area contributed by atoms with E-state index in [4.69, 9.17) is 15.2 Å². The van der Waals surface area contributed by atoms with Crippen LogP contribution in [0.4, 0.5) is 11.6 Å². The van der Waals surface area contributed by atoms with E-state index in [1.54, 1.807) is 12.3 Å². The van der Waals surface area contributed by atoms with Gasteiger partial charge in [-0.15, -0.1) is 0 Å². The van der Waals surface area contributed by atoms with Crippen LogP contribution < -0.4 is 21.7 Å². The fourth-order valence-electron chi connectivity index (χ4n) is 12.3. The molecule has 9 atom stereocenters. The smallest absolute Gasteiger partial charge is 0.350 e. The van der Waals surface area contributed by atoms with Gasteiger partial charge in [-0.05, 0) is 155 Å². The molecule has 360 valence electrons. The predicted octanol–water partition coefficient (Wildman–Crippen LogP) is 7.11. The van der Waals surface area contributed by atoms with Gasteiger partial charge in [0.1, 0.15) is 17.7 Å². The van der Waals surface area contributed by atoms with Crippen LogP contribution in [-0.2, 0) is 33.5 Å². The van der Waals surface area contributed by atoms with E-state index in [1.807, 2.05) is 56.6 Å². The summed E-state index contributed by atoms with van der Waals surface area (Å²) in [7, 11) is 1.85. The van der Waals surface area contributed by atoms with Gasteiger partial charge < -0.3 is 41.4 Å². The van der Waals surface area contributed by atoms with E-state index in [9.17, 15) is 10.2 Å². The molecule has 4 bridgehead atoms. The highest BCUT2D eigenvalue weighted by Gasteiger charge is 2.86. The fourth-order valence-corrected chi connectivity index (χ4v) is 12.3. The SMILES string of the molecule is CCN[C@H]1C[C@H]2C=CC[C@@H]3CCCC[C@](C)(Cc4ccc(N)nc4)Cc4cccc5c4C(=O)[C@]4(O[C@@]4(C/C(CO)=C(\C)CCc4ccnc(NCNC)c4)C5=O)C(=O)O[C@@H](CCCO)[C@H]1C[C@H]32. The predicted molar refractivity (Wildman–Crippen MR) is 259 cm³/mol. The third kappa shape index (κ3) is 9.90. The van der Waals surface area contributed by atoms with Crippen LogP contribution in [0.2, 0.25) is 0 Å². The number of allylic oxidation sites excluding steroid dienone is 3. The molecule has 1 saturated heterocycles. The normalized spacial score (nSPS) is 30.7. The average molecular weight is 917 g/mol. The fraction of sp³-hybridized carbons (Fsp3) is 0.574. The first-order chi connectivity index (χ1) is 32.4. The number of carbonyl (C=O) groups is 3. The van der Waals surface area contributed by atoms with Crippen LogP contribution in [0.15, 0.2) is 78.2 Å². The van der Waals surface area contributed by atoms with Gasteiger partial charge in [0.25, 0.3) is 5.60 Å². The van der Waals surface area contributed by atoms with Gasteiger partial charge in [-0.1, -0.05) is 68.7 Å². The number of aliphatic hydroxyl groups excluding tert-OH is 2. The Morgan fingerprint density at radius 1 is 1.01 bits per heavy atom. The Morgan fingerprint density at radius 2 is 1.87 bits per heavy atom. The summed E-state index contributed by atoms with van der Waals surface area (Å²) in [6, 6.07) is 13.2. The van der Waals surface area contributed by atoms with Crippen LogP contribution in [-0.4, -0.2) is 94.5 Å². The summed E-state index contributed by atoms with van der Waals surface area (Å²) in [6.45, 7) is 7.10. The number of anilines is 2. The molecule has 3 aliphatic carbocycles. The number of ketones is 2. The van der Waals surface area contributed by atoms with Gasteiger partial charge in [0.2, 0.25) is 5.78 Å². The number of epoxide rings is 1. The van der Waals surface area contributed by atoms with E-state index >= 15 is 14.4 Å². The van der Waals surface area contributed by atoms with Crippen molar-refractivity contribution in [3.05, 3.63) is 106 Å². The zero-order valence-electron chi connectivity index (χ0n) is 40.0. The van der Waals surface area contributed by atoms with Crippen molar-refractivity contribution in [1.29, 1.82) is 0 Å². The van der Waals surface area contributed by atoms with Gasteiger partial charge in [0.05, 0.1) is 13.3 Å². The van der Waals surface area contributed by atoms with Crippen molar-refractivity contribution in [2.24, 2.45) is 29.1 Å². The average Bonchev–Trinajstić information content (AvgIpc) is 4.03. The zero-order chi connectivity index (χ0) is 47.3. The molecular formula is C54H72N6O7.